The number of hydrogen-bond donors (Lipinski definition) is 1. The van der Waals surface area contributed by atoms with E-state index in [-0.39, 0.29) is 29.7 Å². The van der Waals surface area contributed by atoms with Crippen molar-refractivity contribution in [1.82, 2.24) is 14.5 Å². The Morgan fingerprint density at radius 3 is 2.79 bits per heavy atom. The summed E-state index contributed by atoms with van der Waals surface area (Å²) in [6, 6.07) is 7.92. The zero-order valence-electron chi connectivity index (χ0n) is 13.9. The van der Waals surface area contributed by atoms with Crippen molar-refractivity contribution in [1.29, 1.82) is 0 Å². The van der Waals surface area contributed by atoms with E-state index in [2.05, 4.69) is 4.98 Å². The molecule has 2 fully saturated rings. The summed E-state index contributed by atoms with van der Waals surface area (Å²) in [5, 5.41) is 0. The van der Waals surface area contributed by atoms with Crippen LogP contribution in [-0.4, -0.2) is 46.2 Å². The van der Waals surface area contributed by atoms with Crippen LogP contribution >= 0.6 is 0 Å². The molecule has 6 nitrogen and oxygen atoms in total. The van der Waals surface area contributed by atoms with Gasteiger partial charge >= 0.3 is 5.69 Å². The van der Waals surface area contributed by atoms with Crippen LogP contribution in [0.3, 0.4) is 0 Å². The fourth-order valence-corrected chi connectivity index (χ4v) is 3.85. The Balaban J connectivity index is 1.44. The normalized spacial score (nSPS) is 24.5. The van der Waals surface area contributed by atoms with Crippen LogP contribution in [0.1, 0.15) is 32.2 Å². The minimum atomic E-state index is -0.0559. The molecule has 1 amide bonds. The van der Waals surface area contributed by atoms with Crippen molar-refractivity contribution >= 4 is 16.9 Å². The number of hydrogen-bond acceptors (Lipinski definition) is 3. The van der Waals surface area contributed by atoms with Gasteiger partial charge in [-0.15, -0.1) is 0 Å². The number of nitrogens with one attached hydrogen (secondary N) is 1. The van der Waals surface area contributed by atoms with E-state index < -0.39 is 0 Å². The lowest BCUT2D eigenvalue weighted by atomic mass is 10.0. The van der Waals surface area contributed by atoms with Gasteiger partial charge in [0.2, 0.25) is 5.91 Å². The summed E-state index contributed by atoms with van der Waals surface area (Å²) >= 11 is 0. The maximum atomic E-state index is 12.5. The number of rotatable bonds is 4. The molecule has 24 heavy (non-hydrogen) atoms. The van der Waals surface area contributed by atoms with Gasteiger partial charge in [-0.3, -0.25) is 9.36 Å². The van der Waals surface area contributed by atoms with E-state index in [0.717, 1.165) is 30.3 Å². The highest BCUT2D eigenvalue weighted by Crippen LogP contribution is 2.36. The van der Waals surface area contributed by atoms with Gasteiger partial charge in [0.05, 0.1) is 23.1 Å². The van der Waals surface area contributed by atoms with Crippen molar-refractivity contribution in [2.75, 3.05) is 19.7 Å². The Morgan fingerprint density at radius 2 is 2.04 bits per heavy atom. The van der Waals surface area contributed by atoms with Crippen molar-refractivity contribution in [3.05, 3.63) is 34.7 Å². The molecule has 0 bridgehead atoms. The van der Waals surface area contributed by atoms with Crippen LogP contribution in [0.25, 0.3) is 11.0 Å². The third-order valence-corrected chi connectivity index (χ3v) is 5.20. The van der Waals surface area contributed by atoms with Gasteiger partial charge in [0, 0.05) is 25.7 Å². The highest BCUT2D eigenvalue weighted by Gasteiger charge is 2.46. The first kappa shape index (κ1) is 15.4. The third kappa shape index (κ3) is 2.65. The number of fused-ring (bicyclic) bond motifs is 1. The van der Waals surface area contributed by atoms with Gasteiger partial charge < -0.3 is 14.6 Å². The molecule has 1 N–H and O–H groups in total. The molecule has 1 aliphatic heterocycles. The predicted molar refractivity (Wildman–Crippen MR) is 90.9 cm³/mol. The summed E-state index contributed by atoms with van der Waals surface area (Å²) in [5.74, 6) is 0.274. The quantitative estimate of drug-likeness (QED) is 0.932. The average molecular weight is 329 g/mol. The number of H-pyrrole nitrogens is 1. The van der Waals surface area contributed by atoms with Crippen LogP contribution < -0.4 is 5.69 Å². The number of imidazole rings is 1. The first-order valence-corrected chi connectivity index (χ1v) is 8.78. The standard InChI is InChI=1S/C18H23N3O3/c1-2-24-16-11-13(16)17(22)20-9-7-12(8-10-20)21-15-6-4-3-5-14(15)19-18(21)23/h3-6,12-13,16H,2,7-11H2,1H3,(H,19,23)/t13-,16+/m1/s1. The zero-order valence-corrected chi connectivity index (χ0v) is 13.9. The molecule has 0 unspecified atom stereocenters. The van der Waals surface area contributed by atoms with E-state index in [4.69, 9.17) is 4.74 Å². The molecular formula is C18H23N3O3. The van der Waals surface area contributed by atoms with Crippen molar-refractivity contribution in [2.24, 2.45) is 5.92 Å². The minimum absolute atomic E-state index is 0.0531. The molecule has 2 aromatic rings. The Morgan fingerprint density at radius 1 is 1.29 bits per heavy atom. The van der Waals surface area contributed by atoms with Crippen molar-refractivity contribution in [3.63, 3.8) is 0 Å². The number of para-hydroxylation sites is 2. The molecular weight excluding hydrogens is 306 g/mol. The summed E-state index contributed by atoms with van der Waals surface area (Å²) in [4.78, 5) is 29.6. The zero-order chi connectivity index (χ0) is 16.7. The van der Waals surface area contributed by atoms with E-state index in [1.807, 2.05) is 40.7 Å². The van der Waals surface area contributed by atoms with Crippen LogP contribution in [0.2, 0.25) is 0 Å². The second-order valence-corrected chi connectivity index (χ2v) is 6.71. The Bertz CT molecular complexity index is 801. The molecule has 2 heterocycles. The number of amides is 1. The molecule has 2 atom stereocenters. The van der Waals surface area contributed by atoms with Gasteiger partial charge in [-0.2, -0.15) is 0 Å². The number of ether oxygens (including phenoxy) is 1. The van der Waals surface area contributed by atoms with E-state index in [1.165, 1.54) is 0 Å². The van der Waals surface area contributed by atoms with E-state index in [9.17, 15) is 9.59 Å². The van der Waals surface area contributed by atoms with Crippen LogP contribution in [0.4, 0.5) is 0 Å². The summed E-state index contributed by atoms with van der Waals surface area (Å²) < 4.78 is 7.38. The highest BCUT2D eigenvalue weighted by molar-refractivity contribution is 5.82. The molecule has 0 radical (unpaired) electrons. The van der Waals surface area contributed by atoms with Crippen molar-refractivity contribution in [2.45, 2.75) is 38.3 Å². The molecule has 6 heteroatoms. The molecule has 1 saturated carbocycles. The van der Waals surface area contributed by atoms with Gasteiger partial charge in [0.15, 0.2) is 0 Å². The fourth-order valence-electron chi connectivity index (χ4n) is 3.85. The summed E-state index contributed by atoms with van der Waals surface area (Å²) in [6.45, 7) is 4.06. The lowest BCUT2D eigenvalue weighted by molar-refractivity contribution is -0.134. The number of nitrogens with zero attached hydrogens (tertiary/aromatic N) is 2. The number of aromatic amines is 1. The number of piperidine rings is 1. The van der Waals surface area contributed by atoms with Gasteiger partial charge in [0.1, 0.15) is 0 Å². The fraction of sp³-hybridized carbons (Fsp3) is 0.556. The van der Waals surface area contributed by atoms with Crippen LogP contribution in [0.15, 0.2) is 29.1 Å². The summed E-state index contributed by atoms with van der Waals surface area (Å²) in [5.41, 5.74) is 1.77. The van der Waals surface area contributed by atoms with E-state index in [1.54, 1.807) is 0 Å². The number of likely N-dealkylation sites (tertiary alicyclic amines) is 1. The Hall–Kier alpha value is -2.08. The number of benzene rings is 1. The molecule has 1 aromatic heterocycles. The van der Waals surface area contributed by atoms with Gasteiger partial charge in [-0.1, -0.05) is 12.1 Å². The number of carbonyl (C=O) groups excluding carboxylic acids is 1. The molecule has 0 spiro atoms. The third-order valence-electron chi connectivity index (χ3n) is 5.20. The van der Waals surface area contributed by atoms with Crippen LogP contribution in [-0.2, 0) is 9.53 Å². The second kappa shape index (κ2) is 6.09. The first-order valence-electron chi connectivity index (χ1n) is 8.78. The second-order valence-electron chi connectivity index (χ2n) is 6.71. The number of aromatic nitrogens is 2. The van der Waals surface area contributed by atoms with Crippen LogP contribution in [0.5, 0.6) is 0 Å². The maximum absolute atomic E-state index is 12.5. The SMILES string of the molecule is CCO[C@H]1C[C@H]1C(=O)N1CCC(n2c(=O)[nH]c3ccccc32)CC1. The van der Waals surface area contributed by atoms with Gasteiger partial charge in [0.25, 0.3) is 0 Å². The summed E-state index contributed by atoms with van der Waals surface area (Å²) in [6.07, 6.45) is 2.62. The van der Waals surface area contributed by atoms with Crippen molar-refractivity contribution in [3.8, 4) is 0 Å². The Kier molecular flexibility index (Phi) is 3.92. The molecule has 2 aliphatic rings. The minimum Gasteiger partial charge on any atom is -0.378 e. The molecule has 1 aliphatic carbocycles. The largest absolute Gasteiger partial charge is 0.378 e. The molecule has 128 valence electrons. The van der Waals surface area contributed by atoms with E-state index in [0.29, 0.717) is 19.7 Å². The van der Waals surface area contributed by atoms with Crippen molar-refractivity contribution < 1.29 is 9.53 Å². The van der Waals surface area contributed by atoms with Gasteiger partial charge in [-0.25, -0.2) is 4.79 Å². The van der Waals surface area contributed by atoms with E-state index >= 15 is 0 Å². The monoisotopic (exact) mass is 329 g/mol. The first-order chi connectivity index (χ1) is 11.7. The molecule has 4 rings (SSSR count). The lowest BCUT2D eigenvalue weighted by Gasteiger charge is -2.32. The average Bonchev–Trinajstić information content (AvgIpc) is 3.28. The molecule has 1 aromatic carbocycles. The summed E-state index contributed by atoms with van der Waals surface area (Å²) in [7, 11) is 0. The number of carbonyl (C=O) groups is 1. The Labute approximate surface area is 140 Å². The lowest BCUT2D eigenvalue weighted by Crippen LogP contribution is -2.41. The smallest absolute Gasteiger partial charge is 0.326 e. The van der Waals surface area contributed by atoms with Crippen LogP contribution in [0, 0.1) is 5.92 Å². The predicted octanol–water partition coefficient (Wildman–Crippen LogP) is 1.92. The highest BCUT2D eigenvalue weighted by atomic mass is 16.5. The topological polar surface area (TPSA) is 67.3 Å². The molecule has 1 saturated heterocycles. The maximum Gasteiger partial charge on any atom is 0.326 e. The van der Waals surface area contributed by atoms with Gasteiger partial charge in [-0.05, 0) is 38.3 Å².